The number of carbonyl (C=O) groups excluding carboxylic acids is 1. The van der Waals surface area contributed by atoms with Crippen LogP contribution in [0.15, 0.2) is 35.4 Å². The Bertz CT molecular complexity index is 1400. The Morgan fingerprint density at radius 2 is 2.06 bits per heavy atom. The van der Waals surface area contributed by atoms with E-state index in [2.05, 4.69) is 30.6 Å². The first kappa shape index (κ1) is 23.8. The number of hydrogen-bond donors (Lipinski definition) is 1. The zero-order chi connectivity index (χ0) is 25.7. The van der Waals surface area contributed by atoms with Crippen LogP contribution in [0.4, 0.5) is 14.6 Å². The van der Waals surface area contributed by atoms with Gasteiger partial charge < -0.3 is 14.7 Å². The van der Waals surface area contributed by atoms with Crippen molar-refractivity contribution in [2.45, 2.75) is 38.5 Å². The van der Waals surface area contributed by atoms with Crippen LogP contribution in [0.2, 0.25) is 0 Å². The average Bonchev–Trinajstić information content (AvgIpc) is 3.56. The van der Waals surface area contributed by atoms with E-state index in [1.54, 1.807) is 52.0 Å². The second-order valence-electron chi connectivity index (χ2n) is 10.1. The summed E-state index contributed by atoms with van der Waals surface area (Å²) in [6.07, 6.45) is 6.99. The molecule has 0 radical (unpaired) electrons. The zero-order valence-electron chi connectivity index (χ0n) is 20.4. The molecule has 13 heteroatoms. The molecule has 0 saturated carbocycles. The molecule has 1 saturated heterocycles. The summed E-state index contributed by atoms with van der Waals surface area (Å²) in [6.45, 7) is 5.22. The summed E-state index contributed by atoms with van der Waals surface area (Å²) in [7, 11) is 1.79. The summed E-state index contributed by atoms with van der Waals surface area (Å²) >= 11 is 0. The molecule has 0 aliphatic carbocycles. The number of anilines is 1. The molecule has 1 fully saturated rings. The number of halogens is 2. The lowest BCUT2D eigenvalue weighted by Crippen LogP contribution is -2.52. The smallest absolute Gasteiger partial charge is 0.292 e. The Morgan fingerprint density at radius 1 is 1.25 bits per heavy atom. The van der Waals surface area contributed by atoms with Gasteiger partial charge in [0.1, 0.15) is 5.52 Å². The van der Waals surface area contributed by atoms with Crippen LogP contribution in [0.5, 0.6) is 0 Å². The minimum Gasteiger partial charge on any atom is -0.349 e. The van der Waals surface area contributed by atoms with E-state index < -0.39 is 29.7 Å². The molecule has 5 heterocycles. The van der Waals surface area contributed by atoms with Crippen molar-refractivity contribution in [1.29, 1.82) is 0 Å². The van der Waals surface area contributed by atoms with E-state index in [1.165, 1.54) is 0 Å². The number of alkyl halides is 2. The van der Waals surface area contributed by atoms with Crippen LogP contribution in [-0.4, -0.2) is 66.0 Å². The van der Waals surface area contributed by atoms with Crippen molar-refractivity contribution in [2.75, 3.05) is 24.5 Å². The van der Waals surface area contributed by atoms with Crippen molar-refractivity contribution in [3.8, 4) is 11.3 Å². The third-order valence-corrected chi connectivity index (χ3v) is 6.20. The van der Waals surface area contributed by atoms with Crippen LogP contribution in [-0.2, 0) is 12.5 Å². The number of aromatic nitrogens is 7. The van der Waals surface area contributed by atoms with Gasteiger partial charge in [-0.1, -0.05) is 25.9 Å². The molecule has 0 unspecified atom stereocenters. The first-order valence-electron chi connectivity index (χ1n) is 11.6. The number of rotatable bonds is 5. The van der Waals surface area contributed by atoms with Gasteiger partial charge in [-0.15, -0.1) is 0 Å². The minimum absolute atomic E-state index is 0.159. The Hall–Kier alpha value is -3.90. The van der Waals surface area contributed by atoms with Gasteiger partial charge in [-0.2, -0.15) is 15.2 Å². The first-order chi connectivity index (χ1) is 17.0. The lowest BCUT2D eigenvalue weighted by atomic mass is 9.92. The van der Waals surface area contributed by atoms with Gasteiger partial charge in [-0.25, -0.2) is 18.3 Å². The van der Waals surface area contributed by atoms with Crippen molar-refractivity contribution >= 4 is 17.2 Å². The van der Waals surface area contributed by atoms with Gasteiger partial charge in [0.15, 0.2) is 5.82 Å². The zero-order valence-corrected chi connectivity index (χ0v) is 20.4. The summed E-state index contributed by atoms with van der Waals surface area (Å²) in [4.78, 5) is 22.8. The highest BCUT2D eigenvalue weighted by Crippen LogP contribution is 2.36. The largest absolute Gasteiger partial charge is 0.349 e. The summed E-state index contributed by atoms with van der Waals surface area (Å²) < 4.78 is 38.9. The van der Waals surface area contributed by atoms with E-state index in [-0.39, 0.29) is 18.8 Å². The van der Waals surface area contributed by atoms with Gasteiger partial charge in [-0.05, 0) is 12.5 Å². The molecule has 4 aromatic rings. The minimum atomic E-state index is -3.07. The second kappa shape index (κ2) is 8.64. The number of fused-ring (bicyclic) bond motifs is 1. The molecule has 190 valence electrons. The van der Waals surface area contributed by atoms with Crippen molar-refractivity contribution in [1.82, 2.24) is 39.8 Å². The molecule has 0 spiro atoms. The maximum absolute atomic E-state index is 15.3. The van der Waals surface area contributed by atoms with E-state index >= 15 is 8.78 Å². The molecule has 11 nitrogen and oxygen atoms in total. The number of hydrogen-bond acceptors (Lipinski definition) is 8. The molecular formula is C23H27F2N9O2. The molecule has 0 bridgehead atoms. The van der Waals surface area contributed by atoms with E-state index in [9.17, 15) is 4.79 Å². The molecule has 1 amide bonds. The SMILES string of the molecule is Cn1cc(-c2cn3nccc3c(N3CC[C@H](CNC(=O)c4noc(C(C)(C)C)n4)C(F)(F)C3)n2)cn1. The van der Waals surface area contributed by atoms with Gasteiger partial charge in [0.2, 0.25) is 5.89 Å². The Labute approximate surface area is 205 Å². The molecule has 36 heavy (non-hydrogen) atoms. The third-order valence-electron chi connectivity index (χ3n) is 6.20. The van der Waals surface area contributed by atoms with E-state index in [0.717, 1.165) is 5.56 Å². The predicted molar refractivity (Wildman–Crippen MR) is 126 cm³/mol. The highest BCUT2D eigenvalue weighted by Gasteiger charge is 2.45. The molecule has 4 aromatic heterocycles. The monoisotopic (exact) mass is 499 g/mol. The van der Waals surface area contributed by atoms with E-state index in [0.29, 0.717) is 29.5 Å². The van der Waals surface area contributed by atoms with Crippen molar-refractivity contribution in [2.24, 2.45) is 13.0 Å². The molecule has 1 N–H and O–H groups in total. The average molecular weight is 500 g/mol. The maximum atomic E-state index is 15.3. The van der Waals surface area contributed by atoms with Crippen LogP contribution < -0.4 is 10.2 Å². The van der Waals surface area contributed by atoms with Crippen LogP contribution in [0, 0.1) is 5.92 Å². The lowest BCUT2D eigenvalue weighted by molar-refractivity contribution is -0.0628. The number of aryl methyl sites for hydroxylation is 1. The standard InChI is InChI=1S/C23H27F2N9O2/c1-22(2,3)21-30-18(31-36-21)20(35)26-10-15-6-8-33(13-23(15,24)25)19-17-5-7-27-34(17)12-16(29-19)14-9-28-32(4)11-14/h5,7,9,11-12,15H,6,8,10,13H2,1-4H3,(H,26,35)/t15-/m1/s1. The highest BCUT2D eigenvalue weighted by molar-refractivity contribution is 5.90. The van der Waals surface area contributed by atoms with Gasteiger partial charge in [0, 0.05) is 43.2 Å². The lowest BCUT2D eigenvalue weighted by Gasteiger charge is -2.39. The van der Waals surface area contributed by atoms with E-state index in [4.69, 9.17) is 4.52 Å². The van der Waals surface area contributed by atoms with Crippen LogP contribution >= 0.6 is 0 Å². The van der Waals surface area contributed by atoms with Gasteiger partial charge >= 0.3 is 0 Å². The number of carbonyl (C=O) groups is 1. The normalized spacial score (nSPS) is 18.1. The first-order valence-corrected chi connectivity index (χ1v) is 11.6. The molecular weight excluding hydrogens is 472 g/mol. The summed E-state index contributed by atoms with van der Waals surface area (Å²) in [5, 5.41) is 14.7. The Morgan fingerprint density at radius 3 is 2.72 bits per heavy atom. The fourth-order valence-corrected chi connectivity index (χ4v) is 4.17. The fraction of sp³-hybridized carbons (Fsp3) is 0.478. The van der Waals surface area contributed by atoms with Crippen LogP contribution in [0.25, 0.3) is 16.8 Å². The molecule has 5 rings (SSSR count). The number of nitrogens with one attached hydrogen (secondary N) is 1. The molecule has 0 aromatic carbocycles. The van der Waals surface area contributed by atoms with Crippen molar-refractivity contribution in [3.63, 3.8) is 0 Å². The van der Waals surface area contributed by atoms with Gasteiger partial charge in [0.05, 0.1) is 30.8 Å². The van der Waals surface area contributed by atoms with Crippen LogP contribution in [0.1, 0.15) is 43.7 Å². The summed E-state index contributed by atoms with van der Waals surface area (Å²) in [6, 6.07) is 1.75. The third kappa shape index (κ3) is 4.52. The van der Waals surface area contributed by atoms with Crippen molar-refractivity contribution < 1.29 is 18.1 Å². The number of amides is 1. The predicted octanol–water partition coefficient (Wildman–Crippen LogP) is 2.70. The molecule has 1 aliphatic heterocycles. The van der Waals surface area contributed by atoms with Gasteiger partial charge in [0.25, 0.3) is 17.7 Å². The summed E-state index contributed by atoms with van der Waals surface area (Å²) in [5.41, 5.74) is 1.56. The van der Waals surface area contributed by atoms with E-state index in [1.807, 2.05) is 20.8 Å². The maximum Gasteiger partial charge on any atom is 0.292 e. The second-order valence-corrected chi connectivity index (χ2v) is 10.1. The Balaban J connectivity index is 1.30. The molecule has 1 aliphatic rings. The number of nitrogens with zero attached hydrogens (tertiary/aromatic N) is 8. The highest BCUT2D eigenvalue weighted by atomic mass is 19.3. The van der Waals surface area contributed by atoms with Crippen LogP contribution in [0.3, 0.4) is 0 Å². The number of piperidine rings is 1. The summed E-state index contributed by atoms with van der Waals surface area (Å²) in [5.74, 6) is -4.19. The molecule has 1 atom stereocenters. The fourth-order valence-electron chi connectivity index (χ4n) is 4.17. The Kier molecular flexibility index (Phi) is 5.72. The topological polar surface area (TPSA) is 119 Å². The van der Waals surface area contributed by atoms with Crippen molar-refractivity contribution in [3.05, 3.63) is 42.6 Å². The van der Waals surface area contributed by atoms with Gasteiger partial charge in [-0.3, -0.25) is 9.48 Å². The quantitative estimate of drug-likeness (QED) is 0.445.